The number of sulfonamides is 1. The average molecular weight is 484 g/mol. The van der Waals surface area contributed by atoms with Crippen LogP contribution in [0.25, 0.3) is 0 Å². The smallest absolute Gasteiger partial charge is 0.294 e. The normalized spacial score (nSPS) is 13.5. The van der Waals surface area contributed by atoms with Crippen molar-refractivity contribution in [1.29, 1.82) is 0 Å². The highest BCUT2D eigenvalue weighted by atomic mass is 35.5. The van der Waals surface area contributed by atoms with Crippen molar-refractivity contribution in [2.24, 2.45) is 0 Å². The van der Waals surface area contributed by atoms with Crippen LogP contribution < -0.4 is 14.9 Å². The fourth-order valence-electron chi connectivity index (χ4n) is 2.71. The van der Waals surface area contributed by atoms with E-state index in [1.807, 2.05) is 0 Å². The third-order valence-corrected chi connectivity index (χ3v) is 7.54. The Kier molecular flexibility index (Phi) is 5.36. The standard InChI is InChI=1S/C17H11Cl2N5O4S2/c18-9-5-6-10(11(19)7-9)15(26)21-16-22-23-17(29-16)30(27,28)24-8-14(25)20-12-3-1-2-4-13(12)24/h1-7H,8H2,(H,20,25)(H,21,22,26). The Bertz CT molecular complexity index is 1280. The van der Waals surface area contributed by atoms with Crippen LogP contribution in [0.15, 0.2) is 46.8 Å². The molecule has 0 spiro atoms. The molecule has 9 nitrogen and oxygen atoms in total. The molecular formula is C17H11Cl2N5O4S2. The van der Waals surface area contributed by atoms with E-state index in [-0.39, 0.29) is 20.1 Å². The molecule has 3 aromatic rings. The first kappa shape index (κ1) is 20.5. The van der Waals surface area contributed by atoms with Gasteiger partial charge in [0.25, 0.3) is 20.3 Å². The molecule has 4 rings (SSSR count). The Hall–Kier alpha value is -2.73. The van der Waals surface area contributed by atoms with Crippen LogP contribution in [0.4, 0.5) is 16.5 Å². The summed E-state index contributed by atoms with van der Waals surface area (Å²) in [6.07, 6.45) is 0. The van der Waals surface area contributed by atoms with E-state index in [1.54, 1.807) is 24.3 Å². The zero-order valence-corrected chi connectivity index (χ0v) is 17.9. The number of hydrogen-bond acceptors (Lipinski definition) is 7. The molecule has 0 radical (unpaired) electrons. The van der Waals surface area contributed by atoms with Gasteiger partial charge in [-0.1, -0.05) is 46.7 Å². The highest BCUT2D eigenvalue weighted by molar-refractivity contribution is 7.94. The summed E-state index contributed by atoms with van der Waals surface area (Å²) in [5, 5.41) is 12.9. The largest absolute Gasteiger partial charge is 0.323 e. The molecule has 0 atom stereocenters. The van der Waals surface area contributed by atoms with E-state index in [1.165, 1.54) is 18.2 Å². The van der Waals surface area contributed by atoms with Gasteiger partial charge in [0.1, 0.15) is 6.54 Å². The van der Waals surface area contributed by atoms with Crippen molar-refractivity contribution in [3.63, 3.8) is 0 Å². The number of nitrogens with one attached hydrogen (secondary N) is 2. The molecule has 13 heteroatoms. The van der Waals surface area contributed by atoms with Crippen molar-refractivity contribution in [3.8, 4) is 0 Å². The summed E-state index contributed by atoms with van der Waals surface area (Å²) in [7, 11) is -4.18. The van der Waals surface area contributed by atoms with Crippen LogP contribution in [-0.4, -0.2) is 37.0 Å². The highest BCUT2D eigenvalue weighted by Crippen LogP contribution is 2.34. The van der Waals surface area contributed by atoms with E-state index < -0.39 is 28.4 Å². The van der Waals surface area contributed by atoms with Gasteiger partial charge >= 0.3 is 0 Å². The van der Waals surface area contributed by atoms with Crippen LogP contribution in [0, 0.1) is 0 Å². The molecule has 154 valence electrons. The first-order chi connectivity index (χ1) is 14.3. The number of carbonyl (C=O) groups excluding carboxylic acids is 2. The first-order valence-corrected chi connectivity index (χ1v) is 11.3. The minimum Gasteiger partial charge on any atom is -0.323 e. The molecule has 2 amide bonds. The maximum Gasteiger partial charge on any atom is 0.294 e. The Morgan fingerprint density at radius 1 is 1.17 bits per heavy atom. The molecule has 2 aromatic carbocycles. The van der Waals surface area contributed by atoms with Crippen LogP contribution >= 0.6 is 34.5 Å². The summed E-state index contributed by atoms with van der Waals surface area (Å²) in [5.41, 5.74) is 0.820. The summed E-state index contributed by atoms with van der Waals surface area (Å²) in [6.45, 7) is -0.402. The molecule has 1 aliphatic rings. The van der Waals surface area contributed by atoms with Gasteiger partial charge in [-0.3, -0.25) is 19.2 Å². The number of anilines is 3. The van der Waals surface area contributed by atoms with Gasteiger partial charge in [0.15, 0.2) is 0 Å². The fraction of sp³-hybridized carbons (Fsp3) is 0.0588. The second kappa shape index (κ2) is 7.84. The van der Waals surface area contributed by atoms with E-state index in [4.69, 9.17) is 23.2 Å². The van der Waals surface area contributed by atoms with Gasteiger partial charge in [-0.25, -0.2) is 0 Å². The summed E-state index contributed by atoms with van der Waals surface area (Å²) in [6, 6.07) is 10.8. The van der Waals surface area contributed by atoms with E-state index in [0.29, 0.717) is 27.7 Å². The first-order valence-electron chi connectivity index (χ1n) is 8.27. The second-order valence-electron chi connectivity index (χ2n) is 6.03. The van der Waals surface area contributed by atoms with Crippen molar-refractivity contribution in [3.05, 3.63) is 58.1 Å². The number of halogens is 2. The minimum atomic E-state index is -4.18. The van der Waals surface area contributed by atoms with Crippen molar-refractivity contribution in [2.45, 2.75) is 4.34 Å². The number of aromatic nitrogens is 2. The number of nitrogens with zero attached hydrogens (tertiary/aromatic N) is 3. The molecule has 1 aromatic heterocycles. The highest BCUT2D eigenvalue weighted by Gasteiger charge is 2.35. The fourth-order valence-corrected chi connectivity index (χ4v) is 5.65. The Morgan fingerprint density at radius 2 is 1.93 bits per heavy atom. The van der Waals surface area contributed by atoms with Crippen molar-refractivity contribution in [2.75, 3.05) is 21.5 Å². The van der Waals surface area contributed by atoms with Crippen LogP contribution in [-0.2, 0) is 14.8 Å². The molecule has 0 saturated carbocycles. The quantitative estimate of drug-likeness (QED) is 0.549. The average Bonchev–Trinajstić information content (AvgIpc) is 3.16. The predicted octanol–water partition coefficient (Wildman–Crippen LogP) is 3.24. The molecule has 0 saturated heterocycles. The monoisotopic (exact) mass is 483 g/mol. The van der Waals surface area contributed by atoms with Crippen molar-refractivity contribution < 1.29 is 18.0 Å². The van der Waals surface area contributed by atoms with Gasteiger partial charge in [-0.15, -0.1) is 10.2 Å². The van der Waals surface area contributed by atoms with E-state index in [2.05, 4.69) is 20.8 Å². The molecule has 0 aliphatic carbocycles. The molecule has 2 N–H and O–H groups in total. The Labute approximate surface area is 184 Å². The number of hydrogen-bond donors (Lipinski definition) is 2. The third-order valence-electron chi connectivity index (χ3n) is 4.05. The van der Waals surface area contributed by atoms with Crippen LogP contribution in [0.1, 0.15) is 10.4 Å². The van der Waals surface area contributed by atoms with Crippen LogP contribution in [0.5, 0.6) is 0 Å². The second-order valence-corrected chi connectivity index (χ2v) is 9.89. The van der Waals surface area contributed by atoms with Crippen molar-refractivity contribution in [1.82, 2.24) is 10.2 Å². The van der Waals surface area contributed by atoms with E-state index in [0.717, 1.165) is 4.31 Å². The number of para-hydroxylation sites is 2. The van der Waals surface area contributed by atoms with E-state index >= 15 is 0 Å². The molecule has 30 heavy (non-hydrogen) atoms. The van der Waals surface area contributed by atoms with Crippen molar-refractivity contribution >= 4 is 72.9 Å². The number of rotatable bonds is 4. The van der Waals surface area contributed by atoms with Gasteiger partial charge in [-0.05, 0) is 30.3 Å². The van der Waals surface area contributed by atoms with Gasteiger partial charge in [0.05, 0.1) is 22.0 Å². The number of fused-ring (bicyclic) bond motifs is 1. The Balaban J connectivity index is 1.61. The minimum absolute atomic E-state index is 0.0423. The lowest BCUT2D eigenvalue weighted by atomic mass is 10.2. The molecular weight excluding hydrogens is 473 g/mol. The summed E-state index contributed by atoms with van der Waals surface area (Å²) < 4.78 is 26.7. The lowest BCUT2D eigenvalue weighted by Gasteiger charge is -2.28. The SMILES string of the molecule is O=C1CN(S(=O)(=O)c2nnc(NC(=O)c3ccc(Cl)cc3Cl)s2)c2ccccc2N1. The molecule has 2 heterocycles. The lowest BCUT2D eigenvalue weighted by molar-refractivity contribution is -0.115. The van der Waals surface area contributed by atoms with Gasteiger partial charge < -0.3 is 5.32 Å². The van der Waals surface area contributed by atoms with Crippen LogP contribution in [0.3, 0.4) is 0 Å². The maximum atomic E-state index is 13.1. The third kappa shape index (κ3) is 3.84. The van der Waals surface area contributed by atoms with Gasteiger partial charge in [0.2, 0.25) is 11.0 Å². The number of amides is 2. The van der Waals surface area contributed by atoms with Crippen LogP contribution in [0.2, 0.25) is 10.0 Å². The molecule has 0 bridgehead atoms. The predicted molar refractivity (Wildman–Crippen MR) is 114 cm³/mol. The summed E-state index contributed by atoms with van der Waals surface area (Å²) in [5.74, 6) is -1.08. The number of benzene rings is 2. The van der Waals surface area contributed by atoms with E-state index in [9.17, 15) is 18.0 Å². The summed E-state index contributed by atoms with van der Waals surface area (Å²) >= 11 is 12.5. The Morgan fingerprint density at radius 3 is 2.70 bits per heavy atom. The topological polar surface area (TPSA) is 121 Å². The maximum absolute atomic E-state index is 13.1. The van der Waals surface area contributed by atoms with Gasteiger partial charge in [0, 0.05) is 5.02 Å². The molecule has 0 fully saturated rings. The zero-order chi connectivity index (χ0) is 21.5. The lowest BCUT2D eigenvalue weighted by Crippen LogP contribution is -2.42. The summed E-state index contributed by atoms with van der Waals surface area (Å²) in [4.78, 5) is 24.3. The molecule has 0 unspecified atom stereocenters. The van der Waals surface area contributed by atoms with Gasteiger partial charge in [-0.2, -0.15) is 8.42 Å². The zero-order valence-electron chi connectivity index (χ0n) is 14.8. The molecule has 1 aliphatic heterocycles. The number of carbonyl (C=O) groups is 2.